The van der Waals surface area contributed by atoms with Crippen molar-refractivity contribution in [3.63, 3.8) is 0 Å². The van der Waals surface area contributed by atoms with Gasteiger partial charge in [-0.05, 0) is 23.5 Å². The maximum absolute atomic E-state index is 5.87. The first-order valence-corrected chi connectivity index (χ1v) is 7.74. The molecule has 0 spiro atoms. The first-order valence-electron chi connectivity index (χ1n) is 7.74. The molecule has 1 aromatic carbocycles. The first kappa shape index (κ1) is 15.1. The summed E-state index contributed by atoms with van der Waals surface area (Å²) >= 11 is 0. The van der Waals surface area contributed by atoms with Crippen LogP contribution < -0.4 is 5.43 Å². The lowest BCUT2D eigenvalue weighted by Gasteiger charge is -2.20. The molecule has 0 bridgehead atoms. The third-order valence-electron chi connectivity index (χ3n) is 3.85. The van der Waals surface area contributed by atoms with Gasteiger partial charge in [0.05, 0.1) is 13.2 Å². The number of nitrogens with one attached hydrogen (secondary N) is 1. The maximum Gasteiger partial charge on any atom is 0.0734 e. The predicted octanol–water partition coefficient (Wildman–Crippen LogP) is 4.00. The minimum atomic E-state index is 0.664. The lowest BCUT2D eigenvalue weighted by Crippen LogP contribution is -2.32. The molecular weight excluding hydrogens is 248 g/mol. The summed E-state index contributed by atoms with van der Waals surface area (Å²) in [4.78, 5) is 5.87. The summed E-state index contributed by atoms with van der Waals surface area (Å²) in [5.41, 5.74) is 5.71. The smallest absolute Gasteiger partial charge is 0.0734 e. The molecule has 1 N–H and O–H groups in total. The van der Waals surface area contributed by atoms with Crippen LogP contribution in [0.4, 0.5) is 0 Å². The molecule has 0 saturated carbocycles. The minimum absolute atomic E-state index is 0.664. The largest absolute Gasteiger partial charge is 0.303 e. The Bertz CT molecular complexity index is 416. The van der Waals surface area contributed by atoms with E-state index in [9.17, 15) is 0 Å². The van der Waals surface area contributed by atoms with Gasteiger partial charge in [-0.2, -0.15) is 0 Å². The zero-order chi connectivity index (χ0) is 14.2. The molecule has 1 aromatic rings. The predicted molar refractivity (Wildman–Crippen MR) is 83.5 cm³/mol. The molecule has 0 fully saturated rings. The van der Waals surface area contributed by atoms with Crippen LogP contribution in [0.1, 0.15) is 45.1 Å². The van der Waals surface area contributed by atoms with Crippen LogP contribution in [0, 0.1) is 5.92 Å². The van der Waals surface area contributed by atoms with Gasteiger partial charge in [-0.25, -0.2) is 0 Å². The molecule has 1 aliphatic heterocycles. The number of hydrazine groups is 1. The average molecular weight is 274 g/mol. The maximum atomic E-state index is 5.87. The summed E-state index contributed by atoms with van der Waals surface area (Å²) in [5.74, 6) is 0.664. The monoisotopic (exact) mass is 274 g/mol. The summed E-state index contributed by atoms with van der Waals surface area (Å²) in [7, 11) is 0. The zero-order valence-corrected chi connectivity index (χ0v) is 12.6. The van der Waals surface area contributed by atoms with Gasteiger partial charge in [0.2, 0.25) is 0 Å². The van der Waals surface area contributed by atoms with E-state index in [1.807, 2.05) is 17.4 Å². The van der Waals surface area contributed by atoms with Gasteiger partial charge in [-0.1, -0.05) is 68.6 Å². The summed E-state index contributed by atoms with van der Waals surface area (Å²) in [5, 5.41) is 1.84. The van der Waals surface area contributed by atoms with E-state index in [0.29, 0.717) is 5.92 Å². The average Bonchev–Trinajstić information content (AvgIpc) is 2.97. The lowest BCUT2D eigenvalue weighted by atomic mass is 10.0. The van der Waals surface area contributed by atoms with Crippen molar-refractivity contribution in [3.05, 3.63) is 42.1 Å². The highest BCUT2D eigenvalue weighted by Crippen LogP contribution is 2.19. The number of unbranched alkanes of at least 4 members (excludes halogenated alkanes) is 1. The molecule has 2 rings (SSSR count). The SMILES string of the molecule is CCCCC(CC)CON1CC(c2ccccc2)=CN1. The molecule has 1 atom stereocenters. The summed E-state index contributed by atoms with van der Waals surface area (Å²) in [6, 6.07) is 10.4. The Balaban J connectivity index is 1.75. The minimum Gasteiger partial charge on any atom is -0.303 e. The van der Waals surface area contributed by atoms with Crippen LogP contribution in [0.2, 0.25) is 0 Å². The van der Waals surface area contributed by atoms with Gasteiger partial charge in [-0.15, -0.1) is 0 Å². The standard InChI is InChI=1S/C17H26N2O/c1-3-5-9-15(4-2)14-20-19-13-17(12-18-19)16-10-7-6-8-11-16/h6-8,10-12,15,18H,3-5,9,13-14H2,1-2H3. The van der Waals surface area contributed by atoms with Crippen molar-refractivity contribution in [1.82, 2.24) is 10.6 Å². The molecule has 3 nitrogen and oxygen atoms in total. The molecular formula is C17H26N2O. The van der Waals surface area contributed by atoms with Crippen molar-refractivity contribution < 1.29 is 4.84 Å². The van der Waals surface area contributed by atoms with Crippen LogP contribution in [0.5, 0.6) is 0 Å². The molecule has 0 saturated heterocycles. The molecule has 0 radical (unpaired) electrons. The molecule has 0 aromatic heterocycles. The number of benzene rings is 1. The highest BCUT2D eigenvalue weighted by atomic mass is 16.7. The number of rotatable bonds is 8. The molecule has 110 valence electrons. The van der Waals surface area contributed by atoms with Gasteiger partial charge in [-0.3, -0.25) is 4.84 Å². The Hall–Kier alpha value is -1.32. The molecule has 1 unspecified atom stereocenters. The zero-order valence-electron chi connectivity index (χ0n) is 12.6. The number of hydrogen-bond donors (Lipinski definition) is 1. The number of hydroxylamine groups is 1. The Morgan fingerprint density at radius 2 is 2.05 bits per heavy atom. The number of hydrogen-bond acceptors (Lipinski definition) is 3. The molecule has 20 heavy (non-hydrogen) atoms. The van der Waals surface area contributed by atoms with Crippen molar-refractivity contribution >= 4 is 5.57 Å². The molecule has 1 heterocycles. The lowest BCUT2D eigenvalue weighted by molar-refractivity contribution is -0.182. The van der Waals surface area contributed by atoms with Crippen LogP contribution in [-0.2, 0) is 4.84 Å². The van der Waals surface area contributed by atoms with Crippen LogP contribution in [0.3, 0.4) is 0 Å². The fraction of sp³-hybridized carbons (Fsp3) is 0.529. The number of nitrogens with zero attached hydrogens (tertiary/aromatic N) is 1. The highest BCUT2D eigenvalue weighted by Gasteiger charge is 2.17. The van der Waals surface area contributed by atoms with E-state index in [0.717, 1.165) is 13.2 Å². The van der Waals surface area contributed by atoms with Crippen LogP contribution >= 0.6 is 0 Å². The Morgan fingerprint density at radius 1 is 1.25 bits per heavy atom. The van der Waals surface area contributed by atoms with Gasteiger partial charge in [0.15, 0.2) is 0 Å². The summed E-state index contributed by atoms with van der Waals surface area (Å²) in [6.07, 6.45) is 7.04. The van der Waals surface area contributed by atoms with E-state index >= 15 is 0 Å². The van der Waals surface area contributed by atoms with Gasteiger partial charge in [0, 0.05) is 6.20 Å². The van der Waals surface area contributed by atoms with Gasteiger partial charge in [0.25, 0.3) is 0 Å². The normalized spacial score (nSPS) is 16.8. The van der Waals surface area contributed by atoms with Crippen molar-refractivity contribution in [3.8, 4) is 0 Å². The van der Waals surface area contributed by atoms with Crippen molar-refractivity contribution in [2.45, 2.75) is 39.5 Å². The fourth-order valence-corrected chi connectivity index (χ4v) is 2.40. The van der Waals surface area contributed by atoms with E-state index in [-0.39, 0.29) is 0 Å². The van der Waals surface area contributed by atoms with E-state index in [1.54, 1.807) is 0 Å². The van der Waals surface area contributed by atoms with Crippen LogP contribution in [0.25, 0.3) is 5.57 Å². The Kier molecular flexibility index (Phi) is 6.09. The van der Waals surface area contributed by atoms with E-state index in [1.165, 1.54) is 36.8 Å². The van der Waals surface area contributed by atoms with Crippen LogP contribution in [0.15, 0.2) is 36.5 Å². The second-order valence-corrected chi connectivity index (χ2v) is 5.41. The van der Waals surface area contributed by atoms with Gasteiger partial charge >= 0.3 is 0 Å². The topological polar surface area (TPSA) is 24.5 Å². The molecule has 1 aliphatic rings. The molecule has 0 aliphatic carbocycles. The summed E-state index contributed by atoms with van der Waals surface area (Å²) in [6.45, 7) is 6.09. The molecule has 0 amide bonds. The van der Waals surface area contributed by atoms with Crippen molar-refractivity contribution in [2.75, 3.05) is 13.2 Å². The summed E-state index contributed by atoms with van der Waals surface area (Å²) < 4.78 is 0. The Labute approximate surface area is 122 Å². The highest BCUT2D eigenvalue weighted by molar-refractivity contribution is 5.67. The van der Waals surface area contributed by atoms with E-state index in [4.69, 9.17) is 4.84 Å². The van der Waals surface area contributed by atoms with Crippen molar-refractivity contribution in [1.29, 1.82) is 0 Å². The first-order chi connectivity index (χ1) is 9.83. The third-order valence-corrected chi connectivity index (χ3v) is 3.85. The molecule has 3 heteroatoms. The Morgan fingerprint density at radius 3 is 2.75 bits per heavy atom. The van der Waals surface area contributed by atoms with E-state index < -0.39 is 0 Å². The van der Waals surface area contributed by atoms with Gasteiger partial charge in [0.1, 0.15) is 0 Å². The fourth-order valence-electron chi connectivity index (χ4n) is 2.40. The third kappa shape index (κ3) is 4.36. The second kappa shape index (κ2) is 8.08. The van der Waals surface area contributed by atoms with Crippen LogP contribution in [-0.4, -0.2) is 18.3 Å². The second-order valence-electron chi connectivity index (χ2n) is 5.41. The quantitative estimate of drug-likeness (QED) is 0.775. The van der Waals surface area contributed by atoms with Gasteiger partial charge < -0.3 is 5.43 Å². The van der Waals surface area contributed by atoms with Crippen molar-refractivity contribution in [2.24, 2.45) is 5.92 Å². The van der Waals surface area contributed by atoms with E-state index in [2.05, 4.69) is 43.5 Å².